The number of nitrogens with zero attached hydrogens (tertiary/aromatic N) is 1. The van der Waals surface area contributed by atoms with Crippen molar-refractivity contribution in [3.05, 3.63) is 64.3 Å². The molecule has 1 fully saturated rings. The molecule has 0 bridgehead atoms. The lowest BCUT2D eigenvalue weighted by molar-refractivity contribution is -0.0694. The van der Waals surface area contributed by atoms with Crippen LogP contribution in [0.15, 0.2) is 42.5 Å². The van der Waals surface area contributed by atoms with E-state index in [1.54, 1.807) is 25.3 Å². The Bertz CT molecular complexity index is 1180. The Labute approximate surface area is 204 Å². The number of methoxy groups -OCH3 is 1. The first-order valence-corrected chi connectivity index (χ1v) is 11.9. The van der Waals surface area contributed by atoms with E-state index in [4.69, 9.17) is 16.3 Å². The monoisotopic (exact) mass is 485 g/mol. The van der Waals surface area contributed by atoms with Crippen LogP contribution in [0.25, 0.3) is 10.9 Å². The fourth-order valence-electron chi connectivity index (χ4n) is 5.21. The Kier molecular flexibility index (Phi) is 7.19. The van der Waals surface area contributed by atoms with Crippen LogP contribution >= 0.6 is 11.6 Å². The molecule has 2 aromatic carbocycles. The molecule has 3 atom stereocenters. The molecule has 8 heteroatoms. The van der Waals surface area contributed by atoms with Gasteiger partial charge in [-0.1, -0.05) is 23.7 Å². The summed E-state index contributed by atoms with van der Waals surface area (Å²) in [5, 5.41) is 26.5. The summed E-state index contributed by atoms with van der Waals surface area (Å²) >= 11 is 6.18. The van der Waals surface area contributed by atoms with E-state index in [0.717, 1.165) is 41.6 Å². The molecule has 3 unspecified atom stereocenters. The normalized spacial score (nSPS) is 22.9. The molecular formula is C26H32ClN3O4. The Morgan fingerprint density at radius 2 is 2.09 bits per heavy atom. The molecule has 1 saturated carbocycles. The number of carbonyl (C=O) groups is 1. The fourth-order valence-corrected chi connectivity index (χ4v) is 5.38. The third-order valence-corrected chi connectivity index (χ3v) is 7.16. The fraction of sp³-hybridized carbons (Fsp3) is 0.423. The van der Waals surface area contributed by atoms with Crippen LogP contribution in [0.1, 0.15) is 40.9 Å². The highest BCUT2D eigenvalue weighted by Crippen LogP contribution is 2.43. The van der Waals surface area contributed by atoms with E-state index in [2.05, 4.69) is 15.2 Å². The highest BCUT2D eigenvalue weighted by molar-refractivity contribution is 6.31. The number of halogens is 1. The van der Waals surface area contributed by atoms with Crippen molar-refractivity contribution in [2.45, 2.75) is 37.5 Å². The van der Waals surface area contributed by atoms with Crippen LogP contribution in [0.5, 0.6) is 5.75 Å². The zero-order valence-corrected chi connectivity index (χ0v) is 20.5. The number of hydrogen-bond donors (Lipinski definition) is 4. The molecule has 0 radical (unpaired) electrons. The van der Waals surface area contributed by atoms with Gasteiger partial charge in [-0.25, -0.2) is 4.79 Å². The van der Waals surface area contributed by atoms with Gasteiger partial charge in [-0.05, 0) is 69.3 Å². The van der Waals surface area contributed by atoms with E-state index in [1.807, 2.05) is 38.4 Å². The van der Waals surface area contributed by atoms with Crippen molar-refractivity contribution in [3.63, 3.8) is 0 Å². The molecule has 3 aromatic rings. The molecule has 1 aliphatic rings. The zero-order valence-electron chi connectivity index (χ0n) is 19.8. The number of rotatable bonds is 8. The van der Waals surface area contributed by atoms with Gasteiger partial charge < -0.3 is 30.2 Å². The van der Waals surface area contributed by atoms with Crippen molar-refractivity contribution >= 4 is 28.5 Å². The van der Waals surface area contributed by atoms with E-state index in [1.165, 1.54) is 0 Å². The van der Waals surface area contributed by atoms with Crippen LogP contribution in [-0.4, -0.2) is 59.9 Å². The van der Waals surface area contributed by atoms with Gasteiger partial charge in [0, 0.05) is 46.5 Å². The van der Waals surface area contributed by atoms with E-state index in [0.29, 0.717) is 23.6 Å². The summed E-state index contributed by atoms with van der Waals surface area (Å²) in [6, 6.07) is 13.2. The molecule has 1 aromatic heterocycles. The lowest BCUT2D eigenvalue weighted by Gasteiger charge is -2.45. The maximum atomic E-state index is 11.9. The van der Waals surface area contributed by atoms with Gasteiger partial charge in [-0.15, -0.1) is 0 Å². The molecule has 4 N–H and O–H groups in total. The van der Waals surface area contributed by atoms with Gasteiger partial charge in [0.25, 0.3) is 0 Å². The van der Waals surface area contributed by atoms with Gasteiger partial charge in [0.2, 0.25) is 0 Å². The van der Waals surface area contributed by atoms with E-state index in [9.17, 15) is 15.0 Å². The standard InChI is InChI=1S/C26H32ClN3O4/c1-30(2)15-17-11-19(9-10-26(17,33)16-5-4-6-20(12-16)34-3)28-14-22-21-13-18(27)7-8-23(21)29-24(22)25(31)32/h4-8,12-13,17,19,28-29,33H,9-11,14-15H2,1-3H3,(H,31,32). The van der Waals surface area contributed by atoms with Crippen LogP contribution in [0, 0.1) is 5.92 Å². The van der Waals surface area contributed by atoms with Crippen LogP contribution < -0.4 is 10.1 Å². The second-order valence-electron chi connectivity index (χ2n) is 9.44. The molecule has 4 rings (SSSR count). The molecular weight excluding hydrogens is 454 g/mol. The van der Waals surface area contributed by atoms with Gasteiger partial charge in [0.15, 0.2) is 0 Å². The average Bonchev–Trinajstić information content (AvgIpc) is 3.17. The number of carboxylic acid groups (broad SMARTS) is 1. The van der Waals surface area contributed by atoms with Gasteiger partial charge in [-0.3, -0.25) is 0 Å². The number of aromatic amines is 1. The van der Waals surface area contributed by atoms with Crippen molar-refractivity contribution in [2.24, 2.45) is 5.92 Å². The van der Waals surface area contributed by atoms with Crippen molar-refractivity contribution in [2.75, 3.05) is 27.7 Å². The van der Waals surface area contributed by atoms with Crippen molar-refractivity contribution < 1.29 is 19.7 Å². The molecule has 1 aliphatic carbocycles. The third-order valence-electron chi connectivity index (χ3n) is 6.92. The predicted octanol–water partition coefficient (Wildman–Crippen LogP) is 4.24. The number of fused-ring (bicyclic) bond motifs is 1. The van der Waals surface area contributed by atoms with E-state index >= 15 is 0 Å². The molecule has 182 valence electrons. The van der Waals surface area contributed by atoms with Crippen LogP contribution in [-0.2, 0) is 12.1 Å². The first kappa shape index (κ1) is 24.5. The highest BCUT2D eigenvalue weighted by Gasteiger charge is 2.43. The number of nitrogens with one attached hydrogen (secondary N) is 2. The van der Waals surface area contributed by atoms with Gasteiger partial charge >= 0.3 is 5.97 Å². The van der Waals surface area contributed by atoms with Gasteiger partial charge in [0.05, 0.1) is 12.7 Å². The number of ether oxygens (including phenoxy) is 1. The molecule has 0 saturated heterocycles. The highest BCUT2D eigenvalue weighted by atomic mass is 35.5. The lowest BCUT2D eigenvalue weighted by atomic mass is 9.69. The average molecular weight is 486 g/mol. The van der Waals surface area contributed by atoms with Crippen LogP contribution in [0.2, 0.25) is 5.02 Å². The Morgan fingerprint density at radius 3 is 2.79 bits per heavy atom. The summed E-state index contributed by atoms with van der Waals surface area (Å²) in [5.41, 5.74) is 1.54. The van der Waals surface area contributed by atoms with E-state index < -0.39 is 11.6 Å². The minimum Gasteiger partial charge on any atom is -0.497 e. The minimum absolute atomic E-state index is 0.00258. The van der Waals surface area contributed by atoms with Gasteiger partial charge in [-0.2, -0.15) is 0 Å². The number of aromatic carboxylic acids is 1. The lowest BCUT2D eigenvalue weighted by Crippen LogP contribution is -2.49. The number of aromatic nitrogens is 1. The molecule has 34 heavy (non-hydrogen) atoms. The van der Waals surface area contributed by atoms with Gasteiger partial charge in [0.1, 0.15) is 11.4 Å². The summed E-state index contributed by atoms with van der Waals surface area (Å²) in [5.74, 6) is -0.267. The number of H-pyrrole nitrogens is 1. The second kappa shape index (κ2) is 9.96. The first-order valence-electron chi connectivity index (χ1n) is 11.5. The predicted molar refractivity (Wildman–Crippen MR) is 134 cm³/mol. The summed E-state index contributed by atoms with van der Waals surface area (Å²) in [6.07, 6.45) is 2.13. The van der Waals surface area contributed by atoms with Crippen LogP contribution in [0.3, 0.4) is 0 Å². The molecule has 0 aliphatic heterocycles. The van der Waals surface area contributed by atoms with Crippen LogP contribution in [0.4, 0.5) is 0 Å². The maximum Gasteiger partial charge on any atom is 0.352 e. The summed E-state index contributed by atoms with van der Waals surface area (Å²) in [6.45, 7) is 1.13. The number of aliphatic hydroxyl groups is 1. The number of hydrogen-bond acceptors (Lipinski definition) is 5. The third kappa shape index (κ3) is 4.93. The number of benzene rings is 2. The molecule has 7 nitrogen and oxygen atoms in total. The smallest absolute Gasteiger partial charge is 0.352 e. The summed E-state index contributed by atoms with van der Waals surface area (Å²) < 4.78 is 5.39. The van der Waals surface area contributed by atoms with E-state index in [-0.39, 0.29) is 17.7 Å². The Morgan fingerprint density at radius 1 is 1.29 bits per heavy atom. The molecule has 1 heterocycles. The second-order valence-corrected chi connectivity index (χ2v) is 9.88. The first-order chi connectivity index (χ1) is 16.2. The maximum absolute atomic E-state index is 11.9. The Balaban J connectivity index is 1.56. The number of carboxylic acids is 1. The summed E-state index contributed by atoms with van der Waals surface area (Å²) in [4.78, 5) is 17.0. The largest absolute Gasteiger partial charge is 0.497 e. The van der Waals surface area contributed by atoms with Crippen molar-refractivity contribution in [3.8, 4) is 5.75 Å². The Hall–Kier alpha value is -2.58. The SMILES string of the molecule is COc1cccc(C2(O)CCC(NCc3c(C(=O)O)[nH]c4ccc(Cl)cc34)CC2CN(C)C)c1. The zero-order chi connectivity index (χ0) is 24.5. The summed E-state index contributed by atoms with van der Waals surface area (Å²) in [7, 11) is 5.65. The topological polar surface area (TPSA) is 97.8 Å². The quantitative estimate of drug-likeness (QED) is 0.381. The molecule has 0 amide bonds. The van der Waals surface area contributed by atoms with Crippen molar-refractivity contribution in [1.29, 1.82) is 0 Å². The van der Waals surface area contributed by atoms with Crippen molar-refractivity contribution in [1.82, 2.24) is 15.2 Å². The molecule has 0 spiro atoms. The minimum atomic E-state index is -0.995.